The van der Waals surface area contributed by atoms with Gasteiger partial charge in [0.25, 0.3) is 0 Å². The lowest BCUT2D eigenvalue weighted by molar-refractivity contribution is 0.0961. The van der Waals surface area contributed by atoms with Gasteiger partial charge in [0.05, 0.1) is 6.20 Å². The van der Waals surface area contributed by atoms with Gasteiger partial charge in [-0.3, -0.25) is 4.79 Å². The first-order valence-electron chi connectivity index (χ1n) is 4.26. The normalized spacial score (nSPS) is 27.1. The van der Waals surface area contributed by atoms with Crippen molar-refractivity contribution in [2.75, 3.05) is 0 Å². The molecule has 0 spiro atoms. The van der Waals surface area contributed by atoms with Gasteiger partial charge in [-0.1, -0.05) is 13.3 Å². The predicted molar refractivity (Wildman–Crippen MR) is 48.3 cm³/mol. The summed E-state index contributed by atoms with van der Waals surface area (Å²) in [5.74, 6) is 1.26. The van der Waals surface area contributed by atoms with E-state index in [0.29, 0.717) is 17.6 Å². The molecule has 2 rings (SSSR count). The maximum Gasteiger partial charge on any atom is 0.168 e. The monoisotopic (exact) mass is 181 g/mol. The number of hydrogen-bond acceptors (Lipinski definition) is 3. The number of carbonyl (C=O) groups is 1. The Morgan fingerprint density at radius 2 is 2.67 bits per heavy atom. The second-order valence-corrected chi connectivity index (χ2v) is 3.95. The van der Waals surface area contributed by atoms with Crippen LogP contribution >= 0.6 is 11.5 Å². The Labute approximate surface area is 75.8 Å². The Balaban J connectivity index is 2.04. The second kappa shape index (κ2) is 2.98. The van der Waals surface area contributed by atoms with Crippen LogP contribution in [0.1, 0.15) is 30.1 Å². The fraction of sp³-hybridized carbons (Fsp3) is 0.556. The third-order valence-corrected chi connectivity index (χ3v) is 3.09. The first-order valence-corrected chi connectivity index (χ1v) is 5.10. The fourth-order valence-electron chi connectivity index (χ4n) is 1.56. The van der Waals surface area contributed by atoms with Crippen LogP contribution in [0, 0.1) is 11.8 Å². The summed E-state index contributed by atoms with van der Waals surface area (Å²) in [6, 6.07) is 0. The summed E-state index contributed by atoms with van der Waals surface area (Å²) in [5.41, 5.74) is 0.806. The summed E-state index contributed by atoms with van der Waals surface area (Å²) < 4.78 is 3.93. The van der Waals surface area contributed by atoms with Crippen molar-refractivity contribution in [1.82, 2.24) is 4.37 Å². The largest absolute Gasteiger partial charge is 0.294 e. The topological polar surface area (TPSA) is 30.0 Å². The number of rotatable bonds is 3. The van der Waals surface area contributed by atoms with Gasteiger partial charge in [-0.25, -0.2) is 4.37 Å². The van der Waals surface area contributed by atoms with Gasteiger partial charge in [0, 0.05) is 16.9 Å². The zero-order valence-corrected chi connectivity index (χ0v) is 7.80. The van der Waals surface area contributed by atoms with Crippen molar-refractivity contribution >= 4 is 17.3 Å². The van der Waals surface area contributed by atoms with E-state index in [1.165, 1.54) is 11.5 Å². The maximum atomic E-state index is 11.6. The van der Waals surface area contributed by atoms with Crippen LogP contribution < -0.4 is 0 Å². The number of aromatic nitrogens is 1. The van der Waals surface area contributed by atoms with E-state index in [4.69, 9.17) is 0 Å². The second-order valence-electron chi connectivity index (χ2n) is 3.29. The smallest absolute Gasteiger partial charge is 0.168 e. The van der Waals surface area contributed by atoms with E-state index in [2.05, 4.69) is 11.3 Å². The summed E-state index contributed by atoms with van der Waals surface area (Å²) in [4.78, 5) is 11.6. The summed E-state index contributed by atoms with van der Waals surface area (Å²) in [7, 11) is 0. The number of hydrogen-bond donors (Lipinski definition) is 0. The molecule has 0 N–H and O–H groups in total. The molecule has 0 bridgehead atoms. The molecule has 1 aliphatic carbocycles. The van der Waals surface area contributed by atoms with Crippen LogP contribution in [0.4, 0.5) is 0 Å². The van der Waals surface area contributed by atoms with Gasteiger partial charge in [0.1, 0.15) is 0 Å². The van der Waals surface area contributed by atoms with Gasteiger partial charge < -0.3 is 0 Å². The fourth-order valence-corrected chi connectivity index (χ4v) is 2.09. The standard InChI is InChI=1S/C9H11NOS/c1-2-6-3-8(6)9(11)7-4-10-12-5-7/h4-6,8H,2-3H2,1H3. The van der Waals surface area contributed by atoms with Crippen molar-refractivity contribution in [3.05, 3.63) is 17.1 Å². The van der Waals surface area contributed by atoms with Crippen molar-refractivity contribution in [1.29, 1.82) is 0 Å². The van der Waals surface area contributed by atoms with Crippen LogP contribution in [-0.4, -0.2) is 10.2 Å². The summed E-state index contributed by atoms with van der Waals surface area (Å²) in [5, 5.41) is 1.84. The molecule has 64 valence electrons. The Morgan fingerprint density at radius 3 is 3.17 bits per heavy atom. The van der Waals surface area contributed by atoms with Crippen LogP contribution in [0.5, 0.6) is 0 Å². The van der Waals surface area contributed by atoms with Crippen LogP contribution in [0.25, 0.3) is 0 Å². The minimum Gasteiger partial charge on any atom is -0.294 e. The van der Waals surface area contributed by atoms with Crippen LogP contribution in [0.3, 0.4) is 0 Å². The first-order chi connectivity index (χ1) is 5.83. The number of nitrogens with zero attached hydrogens (tertiary/aromatic N) is 1. The highest BCUT2D eigenvalue weighted by atomic mass is 32.1. The molecule has 0 saturated heterocycles. The quantitative estimate of drug-likeness (QED) is 0.670. The van der Waals surface area contributed by atoms with Gasteiger partial charge in [0.15, 0.2) is 5.78 Å². The highest BCUT2D eigenvalue weighted by molar-refractivity contribution is 7.03. The molecule has 0 aromatic carbocycles. The molecule has 1 fully saturated rings. The molecule has 1 heterocycles. The van der Waals surface area contributed by atoms with Crippen molar-refractivity contribution in [2.45, 2.75) is 19.8 Å². The molecule has 0 amide bonds. The predicted octanol–water partition coefficient (Wildman–Crippen LogP) is 2.37. The van der Waals surface area contributed by atoms with Crippen LogP contribution in [0.15, 0.2) is 11.6 Å². The number of Topliss-reactive ketones (excluding diaryl/α,β-unsaturated/α-hetero) is 1. The summed E-state index contributed by atoms with van der Waals surface area (Å²) in [6.45, 7) is 2.14. The Morgan fingerprint density at radius 1 is 1.83 bits per heavy atom. The molecule has 2 nitrogen and oxygen atoms in total. The molecule has 3 heteroatoms. The third kappa shape index (κ3) is 1.29. The van der Waals surface area contributed by atoms with Crippen molar-refractivity contribution in [3.8, 4) is 0 Å². The highest BCUT2D eigenvalue weighted by Gasteiger charge is 2.41. The molecule has 2 unspecified atom stereocenters. The Bertz CT molecular complexity index is 281. The van der Waals surface area contributed by atoms with E-state index in [1.54, 1.807) is 6.20 Å². The minimum absolute atomic E-state index is 0.301. The van der Waals surface area contributed by atoms with Crippen molar-refractivity contribution in [3.63, 3.8) is 0 Å². The average molecular weight is 181 g/mol. The van der Waals surface area contributed by atoms with E-state index in [-0.39, 0.29) is 0 Å². The number of carbonyl (C=O) groups excluding carboxylic acids is 1. The first kappa shape index (κ1) is 7.92. The van der Waals surface area contributed by atoms with Crippen molar-refractivity contribution in [2.24, 2.45) is 11.8 Å². The van der Waals surface area contributed by atoms with E-state index in [0.717, 1.165) is 18.4 Å². The molecule has 1 aromatic rings. The molecule has 12 heavy (non-hydrogen) atoms. The molecule has 1 aromatic heterocycles. The van der Waals surface area contributed by atoms with E-state index in [1.807, 2.05) is 5.38 Å². The van der Waals surface area contributed by atoms with Gasteiger partial charge in [-0.05, 0) is 23.9 Å². The molecule has 2 atom stereocenters. The molecular formula is C9H11NOS. The lowest BCUT2D eigenvalue weighted by atomic mass is 10.1. The lowest BCUT2D eigenvalue weighted by Gasteiger charge is -1.92. The van der Waals surface area contributed by atoms with E-state index in [9.17, 15) is 4.79 Å². The third-order valence-electron chi connectivity index (χ3n) is 2.50. The molecule has 1 aliphatic rings. The molecular weight excluding hydrogens is 170 g/mol. The minimum atomic E-state index is 0.301. The van der Waals surface area contributed by atoms with Crippen LogP contribution in [-0.2, 0) is 0 Å². The highest BCUT2D eigenvalue weighted by Crippen LogP contribution is 2.43. The van der Waals surface area contributed by atoms with E-state index < -0.39 is 0 Å². The summed E-state index contributed by atoms with van der Waals surface area (Å²) in [6.07, 6.45) is 3.90. The SMILES string of the molecule is CCC1CC1C(=O)c1cnsc1. The molecule has 1 saturated carbocycles. The Hall–Kier alpha value is -0.700. The number of ketones is 1. The van der Waals surface area contributed by atoms with Gasteiger partial charge >= 0.3 is 0 Å². The summed E-state index contributed by atoms with van der Waals surface area (Å²) >= 11 is 1.35. The van der Waals surface area contributed by atoms with Crippen LogP contribution in [0.2, 0.25) is 0 Å². The maximum absolute atomic E-state index is 11.6. The lowest BCUT2D eigenvalue weighted by Crippen LogP contribution is -2.01. The molecule has 0 aliphatic heterocycles. The van der Waals surface area contributed by atoms with Gasteiger partial charge in [-0.15, -0.1) is 0 Å². The zero-order valence-electron chi connectivity index (χ0n) is 6.99. The zero-order chi connectivity index (χ0) is 8.55. The average Bonchev–Trinajstić information content (AvgIpc) is 2.68. The van der Waals surface area contributed by atoms with E-state index >= 15 is 0 Å². The van der Waals surface area contributed by atoms with Gasteiger partial charge in [-0.2, -0.15) is 0 Å². The Kier molecular flexibility index (Phi) is 1.97. The molecule has 0 radical (unpaired) electrons. The van der Waals surface area contributed by atoms with Gasteiger partial charge in [0.2, 0.25) is 0 Å². The van der Waals surface area contributed by atoms with Crippen molar-refractivity contribution < 1.29 is 4.79 Å².